The van der Waals surface area contributed by atoms with Gasteiger partial charge in [0, 0.05) is 30.6 Å². The first-order chi connectivity index (χ1) is 15.0. The average Bonchev–Trinajstić information content (AvgIpc) is 2.80. The Morgan fingerprint density at radius 1 is 0.935 bits per heavy atom. The molecule has 2 aromatic carbocycles. The van der Waals surface area contributed by atoms with E-state index >= 15 is 0 Å². The number of benzene rings is 2. The summed E-state index contributed by atoms with van der Waals surface area (Å²) >= 11 is 6.13. The Kier molecular flexibility index (Phi) is 6.81. The predicted octanol–water partition coefficient (Wildman–Crippen LogP) is 4.24. The first-order valence-corrected chi connectivity index (χ1v) is 12.3. The van der Waals surface area contributed by atoms with E-state index in [-0.39, 0.29) is 5.92 Å². The average molecular weight is 463 g/mol. The Hall–Kier alpha value is -2.13. The van der Waals surface area contributed by atoms with Gasteiger partial charge in [-0.2, -0.15) is 12.7 Å². The maximum atomic E-state index is 13.9. The van der Waals surface area contributed by atoms with E-state index in [0.29, 0.717) is 31.1 Å². The summed E-state index contributed by atoms with van der Waals surface area (Å²) in [4.78, 5) is 0. The van der Waals surface area contributed by atoms with Crippen LogP contribution < -0.4 is 0 Å². The lowest BCUT2D eigenvalue weighted by Gasteiger charge is -2.48. The van der Waals surface area contributed by atoms with E-state index in [0.717, 1.165) is 30.4 Å². The Labute approximate surface area is 188 Å². The zero-order valence-corrected chi connectivity index (χ0v) is 18.8. The van der Waals surface area contributed by atoms with Crippen molar-refractivity contribution in [2.45, 2.75) is 37.6 Å². The number of halogens is 1. The van der Waals surface area contributed by atoms with Crippen LogP contribution in [0.25, 0.3) is 0 Å². The van der Waals surface area contributed by atoms with Gasteiger partial charge in [0.15, 0.2) is 0 Å². The second kappa shape index (κ2) is 9.56. The highest BCUT2D eigenvalue weighted by molar-refractivity contribution is 7.86. The summed E-state index contributed by atoms with van der Waals surface area (Å²) in [5, 5.41) is 14.5. The summed E-state index contributed by atoms with van der Waals surface area (Å²) in [6.45, 7) is 1.40. The van der Waals surface area contributed by atoms with Crippen LogP contribution in [0.1, 0.15) is 48.8 Å². The van der Waals surface area contributed by atoms with Gasteiger partial charge in [-0.15, -0.1) is 0 Å². The standard InChI is InChI=1S/C22H27ClN4O3S/c23-20-11-9-19(10-12-20)22-21(18-7-3-1-4-8-18)13-16-25(17-24-28)27(22)31(29,30)26-14-5-2-6-15-26/h1,3-4,7-12,17,21-22,28H,2,5-6,13-16H2. The fraction of sp³-hybridized carbons (Fsp3) is 0.409. The number of hydrazine groups is 1. The van der Waals surface area contributed by atoms with Crippen LogP contribution in [-0.4, -0.2) is 53.3 Å². The molecular weight excluding hydrogens is 436 g/mol. The number of hydrogen-bond donors (Lipinski definition) is 1. The molecule has 2 aromatic rings. The van der Waals surface area contributed by atoms with E-state index in [9.17, 15) is 13.6 Å². The molecule has 4 rings (SSSR count). The van der Waals surface area contributed by atoms with Crippen LogP contribution in [0.2, 0.25) is 5.02 Å². The molecule has 0 aromatic heterocycles. The van der Waals surface area contributed by atoms with Gasteiger partial charge in [0.05, 0.1) is 6.04 Å². The monoisotopic (exact) mass is 462 g/mol. The highest BCUT2D eigenvalue weighted by Crippen LogP contribution is 2.44. The number of rotatable bonds is 5. The highest BCUT2D eigenvalue weighted by atomic mass is 35.5. The summed E-state index contributed by atoms with van der Waals surface area (Å²) in [6, 6.07) is 16.8. The normalized spacial score (nSPS) is 24.0. The molecule has 2 atom stereocenters. The van der Waals surface area contributed by atoms with Gasteiger partial charge in [-0.1, -0.05) is 70.1 Å². The van der Waals surface area contributed by atoms with Crippen molar-refractivity contribution in [1.82, 2.24) is 13.7 Å². The van der Waals surface area contributed by atoms with E-state index in [1.54, 1.807) is 16.4 Å². The van der Waals surface area contributed by atoms with E-state index in [2.05, 4.69) is 5.16 Å². The molecule has 166 valence electrons. The van der Waals surface area contributed by atoms with Crippen LogP contribution in [0, 0.1) is 0 Å². The minimum atomic E-state index is -3.85. The van der Waals surface area contributed by atoms with Crippen LogP contribution in [0.5, 0.6) is 0 Å². The van der Waals surface area contributed by atoms with E-state index < -0.39 is 16.3 Å². The molecule has 2 saturated heterocycles. The maximum absolute atomic E-state index is 13.9. The molecule has 2 aliphatic heterocycles. The Balaban J connectivity index is 1.84. The third kappa shape index (κ3) is 4.57. The Bertz CT molecular complexity index is 995. The molecule has 2 heterocycles. The van der Waals surface area contributed by atoms with Crippen molar-refractivity contribution in [2.24, 2.45) is 5.16 Å². The van der Waals surface area contributed by atoms with Crippen LogP contribution in [0.15, 0.2) is 59.8 Å². The van der Waals surface area contributed by atoms with Gasteiger partial charge >= 0.3 is 0 Å². The molecule has 9 heteroatoms. The first kappa shape index (κ1) is 22.1. The molecule has 0 radical (unpaired) electrons. The van der Waals surface area contributed by atoms with Gasteiger partial charge in [0.25, 0.3) is 10.2 Å². The number of hydrogen-bond acceptors (Lipinski definition) is 4. The Morgan fingerprint density at radius 3 is 2.26 bits per heavy atom. The lowest BCUT2D eigenvalue weighted by Crippen LogP contribution is -2.58. The molecule has 2 aliphatic rings. The van der Waals surface area contributed by atoms with Gasteiger partial charge in [0.1, 0.15) is 6.34 Å². The van der Waals surface area contributed by atoms with E-state index in [1.165, 1.54) is 15.8 Å². The van der Waals surface area contributed by atoms with Crippen molar-refractivity contribution in [1.29, 1.82) is 0 Å². The van der Waals surface area contributed by atoms with Gasteiger partial charge in [-0.25, -0.2) is 0 Å². The molecule has 1 N–H and O–H groups in total. The summed E-state index contributed by atoms with van der Waals surface area (Å²) in [5.41, 5.74) is 1.91. The topological polar surface area (TPSA) is 76.5 Å². The summed E-state index contributed by atoms with van der Waals surface area (Å²) in [5.74, 6) is -0.0646. The van der Waals surface area contributed by atoms with Crippen molar-refractivity contribution in [3.8, 4) is 0 Å². The molecule has 0 saturated carbocycles. The minimum absolute atomic E-state index is 0.0646. The highest BCUT2D eigenvalue weighted by Gasteiger charge is 2.46. The molecule has 31 heavy (non-hydrogen) atoms. The summed E-state index contributed by atoms with van der Waals surface area (Å²) in [6.07, 6.45) is 4.60. The lowest BCUT2D eigenvalue weighted by molar-refractivity contribution is 0.0330. The van der Waals surface area contributed by atoms with Crippen molar-refractivity contribution in [3.63, 3.8) is 0 Å². The molecule has 0 bridgehead atoms. The smallest absolute Gasteiger partial charge is 0.299 e. The van der Waals surface area contributed by atoms with Crippen molar-refractivity contribution < 1.29 is 13.6 Å². The van der Waals surface area contributed by atoms with Gasteiger partial charge in [-0.3, -0.25) is 5.01 Å². The quantitative estimate of drug-likeness (QED) is 0.312. The van der Waals surface area contributed by atoms with Crippen LogP contribution in [0.3, 0.4) is 0 Å². The zero-order valence-electron chi connectivity index (χ0n) is 17.2. The third-order valence-electron chi connectivity index (χ3n) is 6.04. The maximum Gasteiger partial charge on any atom is 0.299 e. The largest absolute Gasteiger partial charge is 0.410 e. The predicted molar refractivity (Wildman–Crippen MR) is 121 cm³/mol. The lowest BCUT2D eigenvalue weighted by atomic mass is 9.83. The van der Waals surface area contributed by atoms with Crippen molar-refractivity contribution in [3.05, 3.63) is 70.7 Å². The van der Waals surface area contributed by atoms with Gasteiger partial charge < -0.3 is 5.21 Å². The van der Waals surface area contributed by atoms with Crippen LogP contribution in [-0.2, 0) is 10.2 Å². The van der Waals surface area contributed by atoms with E-state index in [1.807, 2.05) is 42.5 Å². The number of piperidine rings is 1. The molecule has 0 amide bonds. The fourth-order valence-electron chi connectivity index (χ4n) is 4.57. The number of oxime groups is 1. The molecule has 2 fully saturated rings. The first-order valence-electron chi connectivity index (χ1n) is 10.6. The van der Waals surface area contributed by atoms with Crippen molar-refractivity contribution >= 4 is 28.1 Å². The van der Waals surface area contributed by atoms with E-state index in [4.69, 9.17) is 11.6 Å². The summed E-state index contributed by atoms with van der Waals surface area (Å²) < 4.78 is 30.7. The second-order valence-corrected chi connectivity index (χ2v) is 10.2. The number of nitrogens with zero attached hydrogens (tertiary/aromatic N) is 4. The second-order valence-electron chi connectivity index (χ2n) is 7.94. The SMILES string of the molecule is O=S(=O)(N1CCCCC1)N1C(c2ccc(Cl)cc2)C(c2ccccc2)CCN1C=NO. The van der Waals surface area contributed by atoms with Gasteiger partial charge in [0.2, 0.25) is 0 Å². The molecule has 7 nitrogen and oxygen atoms in total. The molecule has 0 spiro atoms. The molecule has 2 unspecified atom stereocenters. The minimum Gasteiger partial charge on any atom is -0.410 e. The van der Waals surface area contributed by atoms with Crippen LogP contribution in [0.4, 0.5) is 0 Å². The Morgan fingerprint density at radius 2 is 1.61 bits per heavy atom. The zero-order chi connectivity index (χ0) is 21.8. The molecule has 0 aliphatic carbocycles. The van der Waals surface area contributed by atoms with Gasteiger partial charge in [-0.05, 0) is 42.5 Å². The third-order valence-corrected chi connectivity index (χ3v) is 8.22. The summed E-state index contributed by atoms with van der Waals surface area (Å²) in [7, 11) is -3.85. The fourth-order valence-corrected chi connectivity index (χ4v) is 6.60. The van der Waals surface area contributed by atoms with Crippen molar-refractivity contribution in [2.75, 3.05) is 19.6 Å². The molecular formula is C22H27ClN4O3S. The van der Waals surface area contributed by atoms with Crippen LogP contribution >= 0.6 is 11.6 Å².